The molecule has 3 atom stereocenters. The van der Waals surface area contributed by atoms with Crippen molar-refractivity contribution in [2.24, 2.45) is 5.14 Å². The van der Waals surface area contributed by atoms with Crippen molar-refractivity contribution < 1.29 is 13.7 Å². The number of alkyl halides is 1. The van der Waals surface area contributed by atoms with E-state index in [0.29, 0.717) is 4.24 Å². The number of hydrogen-bond acceptors (Lipinski definition) is 3. The third kappa shape index (κ3) is 2.52. The van der Waals surface area contributed by atoms with Gasteiger partial charge in [-0.15, -0.1) is 11.8 Å². The van der Waals surface area contributed by atoms with E-state index >= 15 is 0 Å². The summed E-state index contributed by atoms with van der Waals surface area (Å²) in [5.41, 5.74) is -1.14. The van der Waals surface area contributed by atoms with E-state index in [9.17, 15) is 13.7 Å². The van der Waals surface area contributed by atoms with Crippen LogP contribution < -0.4 is 5.14 Å². The third-order valence-corrected chi connectivity index (χ3v) is 4.50. The Hall–Kier alpha value is 0.0900. The zero-order valence-corrected chi connectivity index (χ0v) is 8.99. The van der Waals surface area contributed by atoms with Crippen LogP contribution >= 0.6 is 11.8 Å². The summed E-state index contributed by atoms with van der Waals surface area (Å²) in [6.07, 6.45) is -0.0730. The van der Waals surface area contributed by atoms with Crippen LogP contribution in [-0.4, -0.2) is 26.3 Å². The first kappa shape index (κ1) is 11.2. The Bertz CT molecular complexity index is 262. The maximum Gasteiger partial charge on any atom is 0.135 e. The summed E-state index contributed by atoms with van der Waals surface area (Å²) in [4.78, 5) is 0. The van der Waals surface area contributed by atoms with Crippen molar-refractivity contribution >= 4 is 22.7 Å². The maximum atomic E-state index is 13.2. The highest BCUT2D eigenvalue weighted by atomic mass is 32.2. The smallest absolute Gasteiger partial charge is 0.135 e. The zero-order chi connectivity index (χ0) is 10.2. The first-order valence-electron chi connectivity index (χ1n) is 3.73. The van der Waals surface area contributed by atoms with Crippen LogP contribution in [0.2, 0.25) is 0 Å². The molecule has 0 spiro atoms. The van der Waals surface area contributed by atoms with Crippen LogP contribution in [0.25, 0.3) is 0 Å². The largest absolute Gasteiger partial charge is 0.389 e. The molecule has 1 aliphatic heterocycles. The Morgan fingerprint density at radius 2 is 2.31 bits per heavy atom. The van der Waals surface area contributed by atoms with Gasteiger partial charge in [0.25, 0.3) is 0 Å². The van der Waals surface area contributed by atoms with E-state index in [2.05, 4.69) is 0 Å². The molecular weight excluding hydrogens is 213 g/mol. The number of rotatable bonds is 2. The quantitative estimate of drug-likeness (QED) is 0.726. The Kier molecular flexibility index (Phi) is 3.16. The topological polar surface area (TPSA) is 63.3 Å². The first-order valence-corrected chi connectivity index (χ1v) is 5.82. The van der Waals surface area contributed by atoms with Gasteiger partial charge < -0.3 is 5.11 Å². The van der Waals surface area contributed by atoms with E-state index in [-0.39, 0.29) is 0 Å². The molecular formula is C7H12FNO2S2. The van der Waals surface area contributed by atoms with Crippen molar-refractivity contribution in [3.8, 4) is 0 Å². The van der Waals surface area contributed by atoms with E-state index in [4.69, 9.17) is 5.14 Å². The number of nitrogens with two attached hydrogens (primary N) is 1. The number of aliphatic hydroxyl groups is 1. The first-order chi connectivity index (χ1) is 5.82. The van der Waals surface area contributed by atoms with E-state index in [1.165, 1.54) is 19.9 Å². The summed E-state index contributed by atoms with van der Waals surface area (Å²) >= 11 is 1.04. The molecule has 1 aliphatic rings. The van der Waals surface area contributed by atoms with E-state index < -0.39 is 28.0 Å². The fourth-order valence-corrected chi connectivity index (χ4v) is 3.01. The Morgan fingerprint density at radius 1 is 1.77 bits per heavy atom. The van der Waals surface area contributed by atoms with Gasteiger partial charge in [0, 0.05) is 0 Å². The molecule has 76 valence electrons. The molecule has 13 heavy (non-hydrogen) atoms. The molecule has 0 aromatic heterocycles. The lowest BCUT2D eigenvalue weighted by atomic mass is 10.0. The van der Waals surface area contributed by atoms with Gasteiger partial charge in [0.15, 0.2) is 0 Å². The summed E-state index contributed by atoms with van der Waals surface area (Å²) in [5, 5.41) is 14.0. The van der Waals surface area contributed by atoms with Crippen molar-refractivity contribution in [2.75, 3.05) is 0 Å². The summed E-state index contributed by atoms with van der Waals surface area (Å²) in [5.74, 6) is 0. The monoisotopic (exact) mass is 225 g/mol. The van der Waals surface area contributed by atoms with Crippen LogP contribution in [0.1, 0.15) is 13.8 Å². The summed E-state index contributed by atoms with van der Waals surface area (Å²) < 4.78 is 24.4. The van der Waals surface area contributed by atoms with Gasteiger partial charge in [-0.1, -0.05) is 0 Å². The second kappa shape index (κ2) is 3.68. The number of halogens is 1. The standard InChI is InChI=1S/C7H12FNO2S2/c1-7(2,10)6-4(8)3-5(12-6)13(9)11/h3-4,6,10H,9H2,1-2H3. The van der Waals surface area contributed by atoms with Crippen molar-refractivity contribution in [3.63, 3.8) is 0 Å². The van der Waals surface area contributed by atoms with Crippen molar-refractivity contribution in [3.05, 3.63) is 10.3 Å². The molecule has 0 fully saturated rings. The number of thioether (sulfide) groups is 1. The maximum absolute atomic E-state index is 13.2. The van der Waals surface area contributed by atoms with E-state index in [1.807, 2.05) is 0 Å². The molecule has 6 heteroatoms. The lowest BCUT2D eigenvalue weighted by molar-refractivity contribution is 0.0612. The molecule has 1 heterocycles. The fourth-order valence-electron chi connectivity index (χ4n) is 1.10. The summed E-state index contributed by atoms with van der Waals surface area (Å²) in [6.45, 7) is 3.04. The number of hydrogen-bond donors (Lipinski definition) is 2. The lowest BCUT2D eigenvalue weighted by Gasteiger charge is -2.26. The van der Waals surface area contributed by atoms with Crippen LogP contribution in [0, 0.1) is 0 Å². The van der Waals surface area contributed by atoms with Gasteiger partial charge in [-0.05, 0) is 19.9 Å². The van der Waals surface area contributed by atoms with E-state index in [1.54, 1.807) is 0 Å². The minimum absolute atomic E-state index is 0.305. The minimum Gasteiger partial charge on any atom is -0.389 e. The molecule has 3 nitrogen and oxygen atoms in total. The van der Waals surface area contributed by atoms with Crippen LogP contribution in [0.5, 0.6) is 0 Å². The molecule has 0 aromatic carbocycles. The molecule has 3 N–H and O–H groups in total. The van der Waals surface area contributed by atoms with Gasteiger partial charge >= 0.3 is 0 Å². The van der Waals surface area contributed by atoms with Crippen LogP contribution in [-0.2, 0) is 11.0 Å². The molecule has 0 saturated carbocycles. The van der Waals surface area contributed by atoms with Crippen molar-refractivity contribution in [1.29, 1.82) is 0 Å². The van der Waals surface area contributed by atoms with Crippen LogP contribution in [0.4, 0.5) is 4.39 Å². The predicted molar refractivity (Wildman–Crippen MR) is 53.0 cm³/mol. The van der Waals surface area contributed by atoms with Gasteiger partial charge in [0.2, 0.25) is 0 Å². The molecule has 0 amide bonds. The van der Waals surface area contributed by atoms with Gasteiger partial charge in [0.1, 0.15) is 17.2 Å². The second-order valence-electron chi connectivity index (χ2n) is 3.42. The van der Waals surface area contributed by atoms with Crippen molar-refractivity contribution in [2.45, 2.75) is 30.9 Å². The third-order valence-electron chi connectivity index (χ3n) is 1.72. The zero-order valence-electron chi connectivity index (χ0n) is 7.36. The minimum atomic E-state index is -1.64. The van der Waals surface area contributed by atoms with Gasteiger partial charge in [-0.2, -0.15) is 0 Å². The molecule has 0 radical (unpaired) electrons. The summed E-state index contributed by atoms with van der Waals surface area (Å²) in [6, 6.07) is 0. The number of allylic oxidation sites excluding steroid dienone is 1. The highest BCUT2D eigenvalue weighted by molar-refractivity contribution is 8.16. The molecule has 3 unspecified atom stereocenters. The average molecular weight is 225 g/mol. The highest BCUT2D eigenvalue weighted by Crippen LogP contribution is 2.40. The Balaban J connectivity index is 2.76. The molecule has 0 saturated heterocycles. The molecule has 0 bridgehead atoms. The molecule has 0 aromatic rings. The van der Waals surface area contributed by atoms with Crippen LogP contribution in [0.3, 0.4) is 0 Å². The highest BCUT2D eigenvalue weighted by Gasteiger charge is 2.40. The van der Waals surface area contributed by atoms with Gasteiger partial charge in [-0.3, -0.25) is 0 Å². The molecule has 1 rings (SSSR count). The fraction of sp³-hybridized carbons (Fsp3) is 0.714. The van der Waals surface area contributed by atoms with Crippen LogP contribution in [0.15, 0.2) is 10.3 Å². The Labute approximate surface area is 83.2 Å². The van der Waals surface area contributed by atoms with E-state index in [0.717, 1.165) is 11.8 Å². The predicted octanol–water partition coefficient (Wildman–Crippen LogP) is 0.675. The Morgan fingerprint density at radius 3 is 2.54 bits per heavy atom. The van der Waals surface area contributed by atoms with Gasteiger partial charge in [0.05, 0.1) is 15.1 Å². The molecule has 0 aliphatic carbocycles. The summed E-state index contributed by atoms with van der Waals surface area (Å²) in [7, 11) is -1.64. The normalized spacial score (nSPS) is 31.6. The lowest BCUT2D eigenvalue weighted by Crippen LogP contribution is -2.37. The second-order valence-corrected chi connectivity index (χ2v) is 5.90. The average Bonchev–Trinajstić information content (AvgIpc) is 2.29. The van der Waals surface area contributed by atoms with Crippen molar-refractivity contribution in [1.82, 2.24) is 0 Å². The SMILES string of the molecule is CC(C)(O)C1SC(S(N)=O)=CC1F. The van der Waals surface area contributed by atoms with Gasteiger partial charge in [-0.25, -0.2) is 13.7 Å².